The molecule has 0 spiro atoms. The number of nitrogens with zero attached hydrogens (tertiary/aromatic N) is 1. The summed E-state index contributed by atoms with van der Waals surface area (Å²) in [7, 11) is 0. The Morgan fingerprint density at radius 1 is 1.19 bits per heavy atom. The van der Waals surface area contributed by atoms with Crippen LogP contribution in [0.15, 0.2) is 0 Å². The summed E-state index contributed by atoms with van der Waals surface area (Å²) in [6, 6.07) is 0.301. The molecule has 1 amide bonds. The van der Waals surface area contributed by atoms with Crippen molar-refractivity contribution in [3.05, 3.63) is 0 Å². The van der Waals surface area contributed by atoms with E-state index in [0.29, 0.717) is 12.0 Å². The van der Waals surface area contributed by atoms with Crippen molar-refractivity contribution < 1.29 is 22.7 Å². The van der Waals surface area contributed by atoms with Gasteiger partial charge in [0.2, 0.25) is 5.91 Å². The first-order valence-corrected chi connectivity index (χ1v) is 7.60. The van der Waals surface area contributed by atoms with Gasteiger partial charge in [0.05, 0.1) is 13.0 Å². The fourth-order valence-corrected chi connectivity index (χ4v) is 2.67. The highest BCUT2D eigenvalue weighted by Crippen LogP contribution is 2.29. The van der Waals surface area contributed by atoms with Crippen LogP contribution >= 0.6 is 0 Å². The van der Waals surface area contributed by atoms with Gasteiger partial charge in [0, 0.05) is 12.6 Å². The Labute approximate surface area is 123 Å². The van der Waals surface area contributed by atoms with E-state index in [-0.39, 0.29) is 18.9 Å². The molecule has 0 aromatic carbocycles. The summed E-state index contributed by atoms with van der Waals surface area (Å²) >= 11 is 0. The van der Waals surface area contributed by atoms with Gasteiger partial charge in [-0.2, -0.15) is 13.2 Å². The lowest BCUT2D eigenvalue weighted by atomic mass is 9.97. The van der Waals surface area contributed by atoms with Crippen molar-refractivity contribution in [1.82, 2.24) is 10.2 Å². The Bertz CT molecular complexity index is 340. The predicted octanol–water partition coefficient (Wildman–Crippen LogP) is 1.95. The van der Waals surface area contributed by atoms with Gasteiger partial charge in [0.15, 0.2) is 0 Å². The highest BCUT2D eigenvalue weighted by atomic mass is 19.4. The van der Waals surface area contributed by atoms with E-state index in [1.54, 1.807) is 0 Å². The second kappa shape index (κ2) is 7.45. The lowest BCUT2D eigenvalue weighted by Gasteiger charge is -2.30. The number of rotatable bonds is 7. The Hall–Kier alpha value is -0.820. The summed E-state index contributed by atoms with van der Waals surface area (Å²) in [5.74, 6) is 0.435. The third-order valence-corrected chi connectivity index (χ3v) is 3.95. The minimum atomic E-state index is -4.33. The summed E-state index contributed by atoms with van der Waals surface area (Å²) in [6.45, 7) is 1.26. The molecule has 0 aromatic heterocycles. The average molecular weight is 308 g/mol. The molecule has 7 heteroatoms. The standard InChI is InChI=1S/C14H23F3N2O2/c15-14(16,17)10-21-8-5-13(20)19(12-1-2-12)9-11-3-6-18-7-4-11/h11-12,18H,1-10H2. The van der Waals surface area contributed by atoms with Crippen molar-refractivity contribution >= 4 is 5.91 Å². The number of ether oxygens (including phenoxy) is 1. The normalized spacial score (nSPS) is 20.5. The van der Waals surface area contributed by atoms with E-state index >= 15 is 0 Å². The minimum Gasteiger partial charge on any atom is -0.372 e. The van der Waals surface area contributed by atoms with E-state index in [1.165, 1.54) is 0 Å². The third kappa shape index (κ3) is 6.22. The molecule has 1 aliphatic heterocycles. The van der Waals surface area contributed by atoms with Gasteiger partial charge in [0.1, 0.15) is 6.61 Å². The highest BCUT2D eigenvalue weighted by Gasteiger charge is 2.34. The Balaban J connectivity index is 1.71. The van der Waals surface area contributed by atoms with Crippen molar-refractivity contribution in [1.29, 1.82) is 0 Å². The van der Waals surface area contributed by atoms with Crippen LogP contribution < -0.4 is 5.32 Å². The number of hydrogen-bond donors (Lipinski definition) is 1. The van der Waals surface area contributed by atoms with Gasteiger partial charge in [-0.25, -0.2) is 0 Å². The summed E-state index contributed by atoms with van der Waals surface area (Å²) < 4.78 is 40.4. The van der Waals surface area contributed by atoms with Crippen LogP contribution in [0.3, 0.4) is 0 Å². The van der Waals surface area contributed by atoms with Gasteiger partial charge < -0.3 is 15.0 Å². The number of piperidine rings is 1. The van der Waals surface area contributed by atoms with Gasteiger partial charge in [-0.3, -0.25) is 4.79 Å². The van der Waals surface area contributed by atoms with Crippen LogP contribution in [0.4, 0.5) is 13.2 Å². The van der Waals surface area contributed by atoms with Gasteiger partial charge in [-0.05, 0) is 44.7 Å². The first kappa shape index (κ1) is 16.5. The molecule has 0 unspecified atom stereocenters. The van der Waals surface area contributed by atoms with Crippen LogP contribution in [0.1, 0.15) is 32.1 Å². The minimum absolute atomic E-state index is 0.0392. The molecule has 1 aliphatic carbocycles. The third-order valence-electron chi connectivity index (χ3n) is 3.95. The molecule has 1 saturated heterocycles. The van der Waals surface area contributed by atoms with Crippen LogP contribution in [-0.4, -0.2) is 55.9 Å². The summed E-state index contributed by atoms with van der Waals surface area (Å²) in [6.07, 6.45) is -0.145. The number of nitrogens with one attached hydrogen (secondary N) is 1. The number of hydrogen-bond acceptors (Lipinski definition) is 3. The van der Waals surface area contributed by atoms with Gasteiger partial charge in [0.25, 0.3) is 0 Å². The number of amides is 1. The molecule has 2 rings (SSSR count). The van der Waals surface area contributed by atoms with Crippen molar-refractivity contribution in [2.45, 2.75) is 44.3 Å². The molecule has 2 aliphatic rings. The van der Waals surface area contributed by atoms with E-state index in [2.05, 4.69) is 10.1 Å². The van der Waals surface area contributed by atoms with Crippen LogP contribution in [0, 0.1) is 5.92 Å². The predicted molar refractivity (Wildman–Crippen MR) is 71.8 cm³/mol. The molecule has 0 radical (unpaired) electrons. The second-order valence-electron chi connectivity index (χ2n) is 5.89. The van der Waals surface area contributed by atoms with Gasteiger partial charge >= 0.3 is 6.18 Å². The maximum Gasteiger partial charge on any atom is 0.411 e. The van der Waals surface area contributed by atoms with E-state index in [1.807, 2.05) is 4.90 Å². The molecule has 1 saturated carbocycles. The highest BCUT2D eigenvalue weighted by molar-refractivity contribution is 5.77. The fraction of sp³-hybridized carbons (Fsp3) is 0.929. The number of carbonyl (C=O) groups excluding carboxylic acids is 1. The van der Waals surface area contributed by atoms with E-state index < -0.39 is 12.8 Å². The van der Waals surface area contributed by atoms with E-state index in [4.69, 9.17) is 0 Å². The Morgan fingerprint density at radius 3 is 2.43 bits per heavy atom. The quantitative estimate of drug-likeness (QED) is 0.731. The molecule has 1 N–H and O–H groups in total. The van der Waals surface area contributed by atoms with Crippen molar-refractivity contribution in [3.8, 4) is 0 Å². The first-order valence-electron chi connectivity index (χ1n) is 7.60. The topological polar surface area (TPSA) is 41.6 Å². The molecule has 1 heterocycles. The second-order valence-corrected chi connectivity index (χ2v) is 5.89. The largest absolute Gasteiger partial charge is 0.411 e. The maximum atomic E-state index is 12.2. The molecule has 0 aromatic rings. The summed E-state index contributed by atoms with van der Waals surface area (Å²) in [4.78, 5) is 14.0. The zero-order chi connectivity index (χ0) is 15.3. The van der Waals surface area contributed by atoms with Crippen LogP contribution in [-0.2, 0) is 9.53 Å². The number of halogens is 3. The summed E-state index contributed by atoms with van der Waals surface area (Å²) in [5.41, 5.74) is 0. The molecular formula is C14H23F3N2O2. The molecule has 2 fully saturated rings. The monoisotopic (exact) mass is 308 g/mol. The van der Waals surface area contributed by atoms with E-state index in [9.17, 15) is 18.0 Å². The average Bonchev–Trinajstić information content (AvgIpc) is 3.25. The maximum absolute atomic E-state index is 12.2. The molecule has 0 bridgehead atoms. The molecule has 21 heavy (non-hydrogen) atoms. The SMILES string of the molecule is O=C(CCOCC(F)(F)F)N(CC1CCNCC1)C1CC1. The van der Waals surface area contributed by atoms with Crippen molar-refractivity contribution in [2.75, 3.05) is 32.8 Å². The zero-order valence-electron chi connectivity index (χ0n) is 12.1. The lowest BCUT2D eigenvalue weighted by molar-refractivity contribution is -0.175. The van der Waals surface area contributed by atoms with E-state index in [0.717, 1.165) is 45.3 Å². The Morgan fingerprint density at radius 2 is 1.86 bits per heavy atom. The molecule has 4 nitrogen and oxygen atoms in total. The smallest absolute Gasteiger partial charge is 0.372 e. The Kier molecular flexibility index (Phi) is 5.87. The fourth-order valence-electron chi connectivity index (χ4n) is 2.67. The van der Waals surface area contributed by atoms with Crippen molar-refractivity contribution in [2.24, 2.45) is 5.92 Å². The van der Waals surface area contributed by atoms with Crippen LogP contribution in [0.25, 0.3) is 0 Å². The number of alkyl halides is 3. The van der Waals surface area contributed by atoms with Gasteiger partial charge in [-0.15, -0.1) is 0 Å². The zero-order valence-corrected chi connectivity index (χ0v) is 12.1. The molecular weight excluding hydrogens is 285 g/mol. The molecule has 0 atom stereocenters. The lowest BCUT2D eigenvalue weighted by Crippen LogP contribution is -2.41. The van der Waals surface area contributed by atoms with Crippen LogP contribution in [0.5, 0.6) is 0 Å². The van der Waals surface area contributed by atoms with Crippen LogP contribution in [0.2, 0.25) is 0 Å². The van der Waals surface area contributed by atoms with Crippen molar-refractivity contribution in [3.63, 3.8) is 0 Å². The summed E-state index contributed by atoms with van der Waals surface area (Å²) in [5, 5.41) is 3.29. The molecule has 122 valence electrons. The first-order chi connectivity index (χ1) is 9.96. The van der Waals surface area contributed by atoms with Gasteiger partial charge in [-0.1, -0.05) is 0 Å². The number of carbonyl (C=O) groups is 1.